The monoisotopic (exact) mass is 232 g/mol. The zero-order valence-electron chi connectivity index (χ0n) is 8.56. The van der Waals surface area contributed by atoms with Crippen molar-refractivity contribution in [1.29, 1.82) is 0 Å². The Morgan fingerprint density at radius 2 is 1.82 bits per heavy atom. The maximum absolute atomic E-state index is 11.6. The molecule has 0 atom stereocenters. The van der Waals surface area contributed by atoms with Crippen LogP contribution in [0.1, 0.15) is 10.4 Å². The number of pyridine rings is 1. The Bertz CT molecular complexity index is 660. The number of rotatable bonds is 1. The molecular weight excluding hydrogens is 224 g/mol. The van der Waals surface area contributed by atoms with Crippen molar-refractivity contribution in [3.05, 3.63) is 46.4 Å². The molecule has 2 rings (SSSR count). The van der Waals surface area contributed by atoms with Crippen LogP contribution in [0.15, 0.2) is 35.3 Å². The number of amides is 2. The van der Waals surface area contributed by atoms with Gasteiger partial charge < -0.3 is 10.1 Å². The lowest BCUT2D eigenvalue weighted by Crippen LogP contribution is -2.29. The average Bonchev–Trinajstić information content (AvgIpc) is 2.29. The zero-order valence-corrected chi connectivity index (χ0v) is 8.56. The molecule has 2 aromatic rings. The Morgan fingerprint density at radius 1 is 1.18 bits per heavy atom. The molecule has 2 amide bonds. The summed E-state index contributed by atoms with van der Waals surface area (Å²) in [6, 6.07) is 6.48. The van der Waals surface area contributed by atoms with Crippen LogP contribution in [0.2, 0.25) is 0 Å². The van der Waals surface area contributed by atoms with E-state index in [0.29, 0.717) is 10.8 Å². The first-order valence-corrected chi connectivity index (χ1v) is 4.74. The number of hydrogen-bond donors (Lipinski definition) is 3. The van der Waals surface area contributed by atoms with Crippen LogP contribution in [0.25, 0.3) is 10.8 Å². The lowest BCUT2D eigenvalue weighted by Gasteiger charge is -2.04. The third kappa shape index (κ3) is 2.00. The van der Waals surface area contributed by atoms with Crippen LogP contribution in [0.4, 0.5) is 4.79 Å². The minimum atomic E-state index is -1.44. The number of nitrogens with one attached hydrogen (secondary N) is 2. The predicted molar refractivity (Wildman–Crippen MR) is 60.1 cm³/mol. The highest BCUT2D eigenvalue weighted by Crippen LogP contribution is 2.13. The van der Waals surface area contributed by atoms with E-state index < -0.39 is 12.0 Å². The first-order valence-electron chi connectivity index (χ1n) is 4.74. The summed E-state index contributed by atoms with van der Waals surface area (Å²) in [4.78, 5) is 35.8. The van der Waals surface area contributed by atoms with E-state index in [4.69, 9.17) is 5.11 Å². The van der Waals surface area contributed by atoms with Crippen molar-refractivity contribution < 1.29 is 14.7 Å². The van der Waals surface area contributed by atoms with E-state index in [-0.39, 0.29) is 11.1 Å². The smallest absolute Gasteiger partial charge is 0.411 e. The third-order valence-corrected chi connectivity index (χ3v) is 2.27. The van der Waals surface area contributed by atoms with Gasteiger partial charge in [-0.2, -0.15) is 0 Å². The minimum absolute atomic E-state index is 0.114. The van der Waals surface area contributed by atoms with Gasteiger partial charge in [0.15, 0.2) is 0 Å². The van der Waals surface area contributed by atoms with Crippen molar-refractivity contribution in [3.63, 3.8) is 0 Å². The van der Waals surface area contributed by atoms with E-state index in [1.807, 2.05) is 0 Å². The number of hydrogen-bond acceptors (Lipinski definition) is 3. The molecule has 0 spiro atoms. The van der Waals surface area contributed by atoms with Crippen molar-refractivity contribution in [2.75, 3.05) is 0 Å². The number of carbonyl (C=O) groups excluding carboxylic acids is 1. The molecule has 17 heavy (non-hydrogen) atoms. The van der Waals surface area contributed by atoms with Gasteiger partial charge in [-0.25, -0.2) is 4.79 Å². The van der Waals surface area contributed by atoms with Crippen molar-refractivity contribution >= 4 is 22.8 Å². The first kappa shape index (κ1) is 10.9. The molecule has 1 aromatic carbocycles. The molecule has 0 fully saturated rings. The summed E-state index contributed by atoms with van der Waals surface area (Å²) in [6.07, 6.45) is -0.242. The van der Waals surface area contributed by atoms with Crippen molar-refractivity contribution in [2.24, 2.45) is 0 Å². The second-order valence-corrected chi connectivity index (χ2v) is 3.34. The normalized spacial score (nSPS) is 10.1. The molecule has 86 valence electrons. The van der Waals surface area contributed by atoms with Gasteiger partial charge in [0.25, 0.3) is 11.5 Å². The second-order valence-electron chi connectivity index (χ2n) is 3.34. The molecule has 1 aromatic heterocycles. The topological polar surface area (TPSA) is 99.3 Å². The van der Waals surface area contributed by atoms with Crippen LogP contribution in [0.5, 0.6) is 0 Å². The van der Waals surface area contributed by atoms with E-state index in [1.165, 1.54) is 6.20 Å². The van der Waals surface area contributed by atoms with E-state index in [9.17, 15) is 14.4 Å². The fourth-order valence-corrected chi connectivity index (χ4v) is 1.56. The van der Waals surface area contributed by atoms with E-state index in [2.05, 4.69) is 4.98 Å². The number of aromatic nitrogens is 1. The predicted octanol–water partition coefficient (Wildman–Crippen LogP) is 0.936. The summed E-state index contributed by atoms with van der Waals surface area (Å²) < 4.78 is 0. The third-order valence-electron chi connectivity index (χ3n) is 2.27. The molecule has 6 nitrogen and oxygen atoms in total. The number of aromatic amines is 1. The summed E-state index contributed by atoms with van der Waals surface area (Å²) in [7, 11) is 0. The molecule has 0 unspecified atom stereocenters. The first-order chi connectivity index (χ1) is 8.09. The zero-order chi connectivity index (χ0) is 12.4. The summed E-state index contributed by atoms with van der Waals surface area (Å²) in [5.41, 5.74) is -0.213. The van der Waals surface area contributed by atoms with Crippen LogP contribution >= 0.6 is 0 Å². The Kier molecular flexibility index (Phi) is 2.61. The highest BCUT2D eigenvalue weighted by molar-refractivity contribution is 6.10. The van der Waals surface area contributed by atoms with Crippen LogP contribution in [-0.4, -0.2) is 22.1 Å². The van der Waals surface area contributed by atoms with Gasteiger partial charge in [-0.05, 0) is 6.07 Å². The van der Waals surface area contributed by atoms with Crippen molar-refractivity contribution in [3.8, 4) is 0 Å². The Labute approximate surface area is 94.9 Å². The van der Waals surface area contributed by atoms with Gasteiger partial charge in [0, 0.05) is 17.0 Å². The van der Waals surface area contributed by atoms with Gasteiger partial charge in [-0.3, -0.25) is 14.9 Å². The standard InChI is InChI=1S/C11H8N2O4/c14-9-7-4-2-1-3-6(7)8(5-12-9)10(15)13-11(16)17/h1-5H,(H,12,14)(H,13,15)(H,16,17). The molecule has 0 bridgehead atoms. The Morgan fingerprint density at radius 3 is 2.47 bits per heavy atom. The number of imide groups is 1. The second kappa shape index (κ2) is 4.09. The molecule has 0 saturated heterocycles. The SMILES string of the molecule is O=C(O)NC(=O)c1c[nH]c(=O)c2ccccc12. The largest absolute Gasteiger partial charge is 0.465 e. The molecule has 0 radical (unpaired) electrons. The van der Waals surface area contributed by atoms with E-state index in [0.717, 1.165) is 0 Å². The summed E-state index contributed by atoms with van der Waals surface area (Å²) in [6.45, 7) is 0. The van der Waals surface area contributed by atoms with Gasteiger partial charge in [-0.1, -0.05) is 18.2 Å². The maximum Gasteiger partial charge on any atom is 0.411 e. The molecular formula is C11H8N2O4. The van der Waals surface area contributed by atoms with Crippen molar-refractivity contribution in [1.82, 2.24) is 10.3 Å². The molecule has 6 heteroatoms. The number of H-pyrrole nitrogens is 1. The van der Waals surface area contributed by atoms with Gasteiger partial charge in [0.2, 0.25) is 0 Å². The van der Waals surface area contributed by atoms with Gasteiger partial charge in [0.1, 0.15) is 0 Å². The Hall–Kier alpha value is -2.63. The summed E-state index contributed by atoms with van der Waals surface area (Å²) in [5, 5.41) is 10.9. The fourth-order valence-electron chi connectivity index (χ4n) is 1.56. The highest BCUT2D eigenvalue weighted by Gasteiger charge is 2.13. The molecule has 1 heterocycles. The molecule has 0 aliphatic heterocycles. The average molecular weight is 232 g/mol. The fraction of sp³-hybridized carbons (Fsp3) is 0. The molecule has 0 aliphatic rings. The van der Waals surface area contributed by atoms with Crippen LogP contribution in [0.3, 0.4) is 0 Å². The molecule has 3 N–H and O–H groups in total. The molecule has 0 saturated carbocycles. The minimum Gasteiger partial charge on any atom is -0.465 e. The Balaban J connectivity index is 2.63. The quantitative estimate of drug-likeness (QED) is 0.681. The molecule has 0 aliphatic carbocycles. The van der Waals surface area contributed by atoms with Crippen LogP contribution in [-0.2, 0) is 0 Å². The lowest BCUT2D eigenvalue weighted by molar-refractivity contribution is 0.0949. The summed E-state index contributed by atoms with van der Waals surface area (Å²) in [5.74, 6) is -0.773. The van der Waals surface area contributed by atoms with Crippen molar-refractivity contribution in [2.45, 2.75) is 0 Å². The van der Waals surface area contributed by atoms with Gasteiger partial charge in [0.05, 0.1) is 5.56 Å². The number of carbonyl (C=O) groups is 2. The van der Waals surface area contributed by atoms with Gasteiger partial charge >= 0.3 is 6.09 Å². The van der Waals surface area contributed by atoms with E-state index in [1.54, 1.807) is 29.6 Å². The maximum atomic E-state index is 11.6. The number of benzene rings is 1. The number of fused-ring (bicyclic) bond motifs is 1. The lowest BCUT2D eigenvalue weighted by atomic mass is 10.1. The highest BCUT2D eigenvalue weighted by atomic mass is 16.4. The van der Waals surface area contributed by atoms with Crippen LogP contribution in [0, 0.1) is 0 Å². The summed E-state index contributed by atoms with van der Waals surface area (Å²) >= 11 is 0. The van der Waals surface area contributed by atoms with Crippen LogP contribution < -0.4 is 10.9 Å². The van der Waals surface area contributed by atoms with Gasteiger partial charge in [-0.15, -0.1) is 0 Å². The van der Waals surface area contributed by atoms with E-state index >= 15 is 0 Å². The number of carboxylic acid groups (broad SMARTS) is 1.